The summed E-state index contributed by atoms with van der Waals surface area (Å²) in [5, 5.41) is 0. The van der Waals surface area contributed by atoms with E-state index in [0.717, 1.165) is 4.47 Å². The monoisotopic (exact) mass is 347 g/mol. The SMILES string of the molecule is CC(C(=O)c1ccc(Br)cc1)N(C)CCS(C)(=O)=O. The molecule has 1 unspecified atom stereocenters. The van der Waals surface area contributed by atoms with Crippen LogP contribution in [0.25, 0.3) is 0 Å². The van der Waals surface area contributed by atoms with E-state index in [9.17, 15) is 13.2 Å². The summed E-state index contributed by atoms with van der Waals surface area (Å²) in [5.41, 5.74) is 0.627. The van der Waals surface area contributed by atoms with Crippen LogP contribution >= 0.6 is 15.9 Å². The van der Waals surface area contributed by atoms with Crippen LogP contribution in [0.15, 0.2) is 28.7 Å². The second-order valence-electron chi connectivity index (χ2n) is 4.66. The van der Waals surface area contributed by atoms with Crippen LogP contribution < -0.4 is 0 Å². The average Bonchev–Trinajstić information content (AvgIpc) is 2.34. The molecule has 0 saturated heterocycles. The number of likely N-dealkylation sites (N-methyl/N-ethyl adjacent to an activating group) is 1. The maximum absolute atomic E-state index is 12.2. The molecular weight excluding hydrogens is 330 g/mol. The van der Waals surface area contributed by atoms with Crippen molar-refractivity contribution in [3.63, 3.8) is 0 Å². The Hall–Kier alpha value is -0.720. The molecule has 0 bridgehead atoms. The smallest absolute Gasteiger partial charge is 0.179 e. The molecular formula is C13H18BrNO3S. The number of carbonyl (C=O) groups excluding carboxylic acids is 1. The van der Waals surface area contributed by atoms with Crippen molar-refractivity contribution in [1.82, 2.24) is 4.90 Å². The minimum Gasteiger partial charge on any atom is -0.296 e. The minimum absolute atomic E-state index is 0.0106. The van der Waals surface area contributed by atoms with Crippen molar-refractivity contribution < 1.29 is 13.2 Å². The molecule has 0 aliphatic rings. The molecule has 1 atom stereocenters. The fourth-order valence-electron chi connectivity index (χ4n) is 1.56. The summed E-state index contributed by atoms with van der Waals surface area (Å²) in [7, 11) is -1.25. The Morgan fingerprint density at radius 2 is 1.84 bits per heavy atom. The van der Waals surface area contributed by atoms with E-state index in [1.807, 2.05) is 12.1 Å². The summed E-state index contributed by atoms with van der Waals surface area (Å²) in [6.07, 6.45) is 1.20. The lowest BCUT2D eigenvalue weighted by Crippen LogP contribution is -2.38. The van der Waals surface area contributed by atoms with Crippen LogP contribution in [0, 0.1) is 0 Å². The molecule has 0 N–H and O–H groups in total. The zero-order chi connectivity index (χ0) is 14.6. The first-order chi connectivity index (χ1) is 8.70. The molecule has 1 aromatic carbocycles. The first kappa shape index (κ1) is 16.3. The van der Waals surface area contributed by atoms with Gasteiger partial charge >= 0.3 is 0 Å². The maximum Gasteiger partial charge on any atom is 0.179 e. The van der Waals surface area contributed by atoms with Gasteiger partial charge in [0.05, 0.1) is 11.8 Å². The topological polar surface area (TPSA) is 54.5 Å². The predicted molar refractivity (Wildman–Crippen MR) is 80.3 cm³/mol. The van der Waals surface area contributed by atoms with Gasteiger partial charge in [-0.05, 0) is 26.1 Å². The number of carbonyl (C=O) groups is 1. The Labute approximate surface area is 122 Å². The van der Waals surface area contributed by atoms with E-state index in [4.69, 9.17) is 0 Å². The lowest BCUT2D eigenvalue weighted by atomic mass is 10.0. The molecule has 19 heavy (non-hydrogen) atoms. The molecule has 0 fully saturated rings. The van der Waals surface area contributed by atoms with Crippen LogP contribution in [0.4, 0.5) is 0 Å². The van der Waals surface area contributed by atoms with Gasteiger partial charge < -0.3 is 0 Å². The Bertz CT molecular complexity index is 540. The molecule has 4 nitrogen and oxygen atoms in total. The molecule has 0 heterocycles. The van der Waals surface area contributed by atoms with Gasteiger partial charge in [-0.15, -0.1) is 0 Å². The third-order valence-electron chi connectivity index (χ3n) is 2.98. The molecule has 0 spiro atoms. The van der Waals surface area contributed by atoms with Gasteiger partial charge in [-0.1, -0.05) is 28.1 Å². The van der Waals surface area contributed by atoms with E-state index in [2.05, 4.69) is 15.9 Å². The number of nitrogens with zero attached hydrogens (tertiary/aromatic N) is 1. The molecule has 0 aliphatic heterocycles. The second kappa shape index (κ2) is 6.63. The molecule has 1 rings (SSSR count). The first-order valence-corrected chi connectivity index (χ1v) is 8.74. The summed E-state index contributed by atoms with van der Waals surface area (Å²) in [6.45, 7) is 2.13. The number of benzene rings is 1. The molecule has 0 radical (unpaired) electrons. The van der Waals surface area contributed by atoms with Gasteiger partial charge in [0.25, 0.3) is 0 Å². The van der Waals surface area contributed by atoms with Crippen LogP contribution in [0.2, 0.25) is 0 Å². The van der Waals surface area contributed by atoms with Crippen LogP contribution in [0.1, 0.15) is 17.3 Å². The summed E-state index contributed by atoms with van der Waals surface area (Å²) in [6, 6.07) is 6.80. The highest BCUT2D eigenvalue weighted by atomic mass is 79.9. The van der Waals surface area contributed by atoms with Gasteiger partial charge in [-0.2, -0.15) is 0 Å². The molecule has 0 saturated carbocycles. The summed E-state index contributed by atoms with van der Waals surface area (Å²) < 4.78 is 23.2. The Kier molecular flexibility index (Phi) is 5.70. The fourth-order valence-corrected chi connectivity index (χ4v) is 2.44. The van der Waals surface area contributed by atoms with E-state index in [1.165, 1.54) is 6.26 Å². The number of hydrogen-bond acceptors (Lipinski definition) is 4. The third kappa shape index (κ3) is 5.42. The number of hydrogen-bond donors (Lipinski definition) is 0. The van der Waals surface area contributed by atoms with Gasteiger partial charge in [0, 0.05) is 22.8 Å². The van der Waals surface area contributed by atoms with Crippen molar-refractivity contribution >= 4 is 31.6 Å². The van der Waals surface area contributed by atoms with Crippen molar-refractivity contribution in [2.75, 3.05) is 25.6 Å². The molecule has 0 aromatic heterocycles. The van der Waals surface area contributed by atoms with Crippen molar-refractivity contribution in [2.24, 2.45) is 0 Å². The molecule has 1 aromatic rings. The summed E-state index contributed by atoms with van der Waals surface area (Å²) >= 11 is 3.32. The van der Waals surface area contributed by atoms with Crippen molar-refractivity contribution in [3.05, 3.63) is 34.3 Å². The third-order valence-corrected chi connectivity index (χ3v) is 4.44. The van der Waals surface area contributed by atoms with Crippen LogP contribution in [0.3, 0.4) is 0 Å². The van der Waals surface area contributed by atoms with Gasteiger partial charge in [0.15, 0.2) is 5.78 Å². The summed E-state index contributed by atoms with van der Waals surface area (Å²) in [4.78, 5) is 14.0. The zero-order valence-electron chi connectivity index (χ0n) is 11.3. The van der Waals surface area contributed by atoms with E-state index in [-0.39, 0.29) is 17.6 Å². The molecule has 6 heteroatoms. The molecule has 0 amide bonds. The van der Waals surface area contributed by atoms with Crippen molar-refractivity contribution in [3.8, 4) is 0 Å². The Morgan fingerprint density at radius 1 is 1.32 bits per heavy atom. The van der Waals surface area contributed by atoms with E-state index < -0.39 is 9.84 Å². The maximum atomic E-state index is 12.2. The van der Waals surface area contributed by atoms with Crippen molar-refractivity contribution in [1.29, 1.82) is 0 Å². The zero-order valence-corrected chi connectivity index (χ0v) is 13.7. The van der Waals surface area contributed by atoms with Gasteiger partial charge in [-0.3, -0.25) is 9.69 Å². The van der Waals surface area contributed by atoms with E-state index >= 15 is 0 Å². The standard InChI is InChI=1S/C13H18BrNO3S/c1-10(15(2)8-9-19(3,17)18)13(16)11-4-6-12(14)7-5-11/h4-7,10H,8-9H2,1-3H3. The van der Waals surface area contributed by atoms with E-state index in [0.29, 0.717) is 12.1 Å². The Morgan fingerprint density at radius 3 is 2.32 bits per heavy atom. The minimum atomic E-state index is -3.01. The normalized spacial score (nSPS) is 13.5. The average molecular weight is 348 g/mol. The number of rotatable bonds is 6. The first-order valence-electron chi connectivity index (χ1n) is 5.88. The van der Waals surface area contributed by atoms with Gasteiger partial charge in [-0.25, -0.2) is 8.42 Å². The van der Waals surface area contributed by atoms with Crippen LogP contribution in [-0.2, 0) is 9.84 Å². The Balaban J connectivity index is 2.68. The van der Waals surface area contributed by atoms with Gasteiger partial charge in [0.2, 0.25) is 0 Å². The predicted octanol–water partition coefficient (Wildman–Crippen LogP) is 2.00. The quantitative estimate of drug-likeness (QED) is 0.738. The van der Waals surface area contributed by atoms with Crippen molar-refractivity contribution in [2.45, 2.75) is 13.0 Å². The van der Waals surface area contributed by atoms with E-state index in [1.54, 1.807) is 31.0 Å². The highest BCUT2D eigenvalue weighted by Gasteiger charge is 2.20. The van der Waals surface area contributed by atoms with Gasteiger partial charge in [0.1, 0.15) is 9.84 Å². The number of ketones is 1. The summed E-state index contributed by atoms with van der Waals surface area (Å²) in [5.74, 6) is 0.0464. The second-order valence-corrected chi connectivity index (χ2v) is 7.83. The number of halogens is 1. The molecule has 106 valence electrons. The lowest BCUT2D eigenvalue weighted by molar-refractivity contribution is 0.0874. The largest absolute Gasteiger partial charge is 0.296 e. The molecule has 0 aliphatic carbocycles. The fraction of sp³-hybridized carbons (Fsp3) is 0.462. The number of Topliss-reactive ketones (excluding diaryl/α,β-unsaturated/α-hetero) is 1. The number of sulfone groups is 1. The highest BCUT2D eigenvalue weighted by Crippen LogP contribution is 2.13. The lowest BCUT2D eigenvalue weighted by Gasteiger charge is -2.23. The van der Waals surface area contributed by atoms with Crippen LogP contribution in [0.5, 0.6) is 0 Å². The highest BCUT2D eigenvalue weighted by molar-refractivity contribution is 9.10. The van der Waals surface area contributed by atoms with Crippen LogP contribution in [-0.4, -0.2) is 50.7 Å².